The van der Waals surface area contributed by atoms with Crippen LogP contribution in [-0.2, 0) is 13.1 Å². The SMILES string of the molecule is CCn1ncc(Cn2cc(NC(=O)c3ccc(F)cc3)cn2)c1C. The summed E-state index contributed by atoms with van der Waals surface area (Å²) in [7, 11) is 0. The van der Waals surface area contributed by atoms with Crippen LogP contribution in [0.15, 0.2) is 42.9 Å². The van der Waals surface area contributed by atoms with Gasteiger partial charge in [-0.2, -0.15) is 10.2 Å². The molecule has 0 spiro atoms. The molecule has 6 nitrogen and oxygen atoms in total. The largest absolute Gasteiger partial charge is 0.319 e. The van der Waals surface area contributed by atoms with Gasteiger partial charge < -0.3 is 5.32 Å². The van der Waals surface area contributed by atoms with Crippen LogP contribution in [-0.4, -0.2) is 25.5 Å². The molecule has 3 rings (SSSR count). The summed E-state index contributed by atoms with van der Waals surface area (Å²) in [5.74, 6) is -0.674. The van der Waals surface area contributed by atoms with Crippen LogP contribution in [0.4, 0.5) is 10.1 Å². The second-order valence-corrected chi connectivity index (χ2v) is 5.46. The molecule has 0 fully saturated rings. The van der Waals surface area contributed by atoms with Gasteiger partial charge in [0.25, 0.3) is 5.91 Å². The van der Waals surface area contributed by atoms with Gasteiger partial charge in [0.05, 0.1) is 24.6 Å². The minimum Gasteiger partial charge on any atom is -0.319 e. The predicted molar refractivity (Wildman–Crippen MR) is 88.3 cm³/mol. The van der Waals surface area contributed by atoms with Crippen molar-refractivity contribution in [1.29, 1.82) is 0 Å². The van der Waals surface area contributed by atoms with Gasteiger partial charge in [-0.1, -0.05) is 0 Å². The Balaban J connectivity index is 1.68. The summed E-state index contributed by atoms with van der Waals surface area (Å²) >= 11 is 0. The Hall–Kier alpha value is -2.96. The molecule has 7 heteroatoms. The molecule has 2 aromatic heterocycles. The monoisotopic (exact) mass is 327 g/mol. The zero-order valence-electron chi connectivity index (χ0n) is 13.5. The highest BCUT2D eigenvalue weighted by atomic mass is 19.1. The molecule has 2 heterocycles. The van der Waals surface area contributed by atoms with E-state index in [4.69, 9.17) is 0 Å². The molecule has 24 heavy (non-hydrogen) atoms. The Kier molecular flexibility index (Phi) is 4.41. The fraction of sp³-hybridized carbons (Fsp3) is 0.235. The molecule has 0 saturated heterocycles. The summed E-state index contributed by atoms with van der Waals surface area (Å²) in [4.78, 5) is 12.1. The molecule has 0 aliphatic carbocycles. The molecule has 0 radical (unpaired) electrons. The molecule has 124 valence electrons. The number of nitrogens with zero attached hydrogens (tertiary/aromatic N) is 4. The lowest BCUT2D eigenvalue weighted by Gasteiger charge is -2.03. The second-order valence-electron chi connectivity index (χ2n) is 5.46. The number of carbonyl (C=O) groups is 1. The van der Waals surface area contributed by atoms with Crippen molar-refractivity contribution in [2.24, 2.45) is 0 Å². The molecular weight excluding hydrogens is 309 g/mol. The van der Waals surface area contributed by atoms with Crippen molar-refractivity contribution in [2.45, 2.75) is 26.9 Å². The van der Waals surface area contributed by atoms with Crippen LogP contribution in [0.3, 0.4) is 0 Å². The van der Waals surface area contributed by atoms with E-state index in [0.29, 0.717) is 17.8 Å². The van der Waals surface area contributed by atoms with Crippen molar-refractivity contribution in [3.05, 3.63) is 65.5 Å². The Morgan fingerprint density at radius 2 is 1.96 bits per heavy atom. The fourth-order valence-electron chi connectivity index (χ4n) is 2.45. The number of hydrogen-bond acceptors (Lipinski definition) is 3. The van der Waals surface area contributed by atoms with E-state index in [2.05, 4.69) is 15.5 Å². The van der Waals surface area contributed by atoms with Gasteiger partial charge >= 0.3 is 0 Å². The topological polar surface area (TPSA) is 64.7 Å². The summed E-state index contributed by atoms with van der Waals surface area (Å²) in [6.45, 7) is 5.47. The molecule has 0 aliphatic heterocycles. The third-order valence-corrected chi connectivity index (χ3v) is 3.83. The van der Waals surface area contributed by atoms with E-state index in [9.17, 15) is 9.18 Å². The highest BCUT2D eigenvalue weighted by molar-refractivity contribution is 6.04. The number of carbonyl (C=O) groups excluding carboxylic acids is 1. The van der Waals surface area contributed by atoms with Crippen molar-refractivity contribution in [3.8, 4) is 0 Å². The number of rotatable bonds is 5. The summed E-state index contributed by atoms with van der Waals surface area (Å²) in [6, 6.07) is 5.40. The summed E-state index contributed by atoms with van der Waals surface area (Å²) in [5.41, 5.74) is 3.16. The third-order valence-electron chi connectivity index (χ3n) is 3.83. The zero-order valence-corrected chi connectivity index (χ0v) is 13.5. The van der Waals surface area contributed by atoms with Gasteiger partial charge in [-0.05, 0) is 38.1 Å². The number of nitrogens with one attached hydrogen (secondary N) is 1. The Morgan fingerprint density at radius 1 is 1.21 bits per heavy atom. The van der Waals surface area contributed by atoms with Crippen molar-refractivity contribution in [3.63, 3.8) is 0 Å². The van der Waals surface area contributed by atoms with E-state index >= 15 is 0 Å². The number of halogens is 1. The van der Waals surface area contributed by atoms with E-state index in [0.717, 1.165) is 17.8 Å². The molecule has 1 N–H and O–H groups in total. The van der Waals surface area contributed by atoms with Crippen molar-refractivity contribution >= 4 is 11.6 Å². The standard InChI is InChI=1S/C17H18FN5O/c1-3-23-12(2)14(8-20-23)10-22-11-16(9-19-22)21-17(24)13-4-6-15(18)7-5-13/h4-9,11H,3,10H2,1-2H3,(H,21,24). The highest BCUT2D eigenvalue weighted by Crippen LogP contribution is 2.13. The van der Waals surface area contributed by atoms with Gasteiger partial charge in [0, 0.05) is 29.6 Å². The van der Waals surface area contributed by atoms with Gasteiger partial charge in [-0.25, -0.2) is 4.39 Å². The lowest BCUT2D eigenvalue weighted by atomic mass is 10.2. The summed E-state index contributed by atoms with van der Waals surface area (Å²) in [5, 5.41) is 11.3. The Bertz CT molecular complexity index is 850. The summed E-state index contributed by atoms with van der Waals surface area (Å²) < 4.78 is 16.6. The molecule has 0 atom stereocenters. The van der Waals surface area contributed by atoms with Crippen LogP contribution in [0.5, 0.6) is 0 Å². The maximum absolute atomic E-state index is 12.9. The summed E-state index contributed by atoms with van der Waals surface area (Å²) in [6.07, 6.45) is 5.17. The smallest absolute Gasteiger partial charge is 0.255 e. The lowest BCUT2D eigenvalue weighted by Crippen LogP contribution is -2.11. The molecule has 3 aromatic rings. The van der Waals surface area contributed by atoms with Crippen molar-refractivity contribution < 1.29 is 9.18 Å². The molecule has 0 saturated carbocycles. The van der Waals surface area contributed by atoms with E-state index < -0.39 is 0 Å². The molecule has 1 amide bonds. The number of anilines is 1. The van der Waals surface area contributed by atoms with Gasteiger partial charge in [0.15, 0.2) is 0 Å². The number of aromatic nitrogens is 4. The minimum atomic E-state index is -0.373. The van der Waals surface area contributed by atoms with Gasteiger partial charge in [-0.3, -0.25) is 14.2 Å². The maximum Gasteiger partial charge on any atom is 0.255 e. The van der Waals surface area contributed by atoms with Crippen LogP contribution in [0.2, 0.25) is 0 Å². The normalized spacial score (nSPS) is 10.8. The van der Waals surface area contributed by atoms with Gasteiger partial charge in [0.1, 0.15) is 5.82 Å². The number of benzene rings is 1. The van der Waals surface area contributed by atoms with Crippen LogP contribution in [0.1, 0.15) is 28.5 Å². The van der Waals surface area contributed by atoms with Crippen LogP contribution in [0, 0.1) is 12.7 Å². The first-order valence-corrected chi connectivity index (χ1v) is 7.67. The first-order valence-electron chi connectivity index (χ1n) is 7.67. The number of hydrogen-bond donors (Lipinski definition) is 1. The van der Waals surface area contributed by atoms with E-state index in [1.807, 2.05) is 24.7 Å². The van der Waals surface area contributed by atoms with Crippen molar-refractivity contribution in [2.75, 3.05) is 5.32 Å². The lowest BCUT2D eigenvalue weighted by molar-refractivity contribution is 0.102. The first kappa shape index (κ1) is 15.9. The highest BCUT2D eigenvalue weighted by Gasteiger charge is 2.10. The van der Waals surface area contributed by atoms with Crippen LogP contribution < -0.4 is 5.32 Å². The molecular formula is C17H18FN5O. The molecule has 0 unspecified atom stereocenters. The van der Waals surface area contributed by atoms with Crippen molar-refractivity contribution in [1.82, 2.24) is 19.6 Å². The maximum atomic E-state index is 12.9. The molecule has 0 aliphatic rings. The van der Waals surface area contributed by atoms with Gasteiger partial charge in [-0.15, -0.1) is 0 Å². The van der Waals surface area contributed by atoms with E-state index in [1.54, 1.807) is 17.1 Å². The number of amides is 1. The Labute approximate surface area is 138 Å². The fourth-order valence-corrected chi connectivity index (χ4v) is 2.45. The Morgan fingerprint density at radius 3 is 2.62 bits per heavy atom. The third kappa shape index (κ3) is 3.34. The average molecular weight is 327 g/mol. The predicted octanol–water partition coefficient (Wildman–Crippen LogP) is 2.85. The minimum absolute atomic E-state index is 0.301. The number of aryl methyl sites for hydroxylation is 1. The van der Waals surface area contributed by atoms with Gasteiger partial charge in [0.2, 0.25) is 0 Å². The zero-order chi connectivity index (χ0) is 17.1. The molecule has 0 bridgehead atoms. The van der Waals surface area contributed by atoms with Crippen LogP contribution >= 0.6 is 0 Å². The quantitative estimate of drug-likeness (QED) is 0.784. The van der Waals surface area contributed by atoms with Crippen LogP contribution in [0.25, 0.3) is 0 Å². The van der Waals surface area contributed by atoms with E-state index in [-0.39, 0.29) is 11.7 Å². The second kappa shape index (κ2) is 6.66. The van der Waals surface area contributed by atoms with E-state index in [1.165, 1.54) is 24.3 Å². The first-order chi connectivity index (χ1) is 11.6. The molecule has 1 aromatic carbocycles. The average Bonchev–Trinajstić information content (AvgIpc) is 3.15.